The number of hydrogen-bond acceptors (Lipinski definition) is 5. The number of nitrogens with one attached hydrogen (secondary N) is 1. The quantitative estimate of drug-likeness (QED) is 0.313. The minimum Gasteiger partial charge on any atom is -0.481 e. The first-order valence-electron chi connectivity index (χ1n) is 8.29. The molecule has 0 aromatic carbocycles. The van der Waals surface area contributed by atoms with Crippen molar-refractivity contribution in [3.8, 4) is 5.88 Å². The number of aromatic nitrogens is 1. The molecule has 1 aromatic rings. The van der Waals surface area contributed by atoms with Crippen molar-refractivity contribution in [1.29, 1.82) is 0 Å². The highest BCUT2D eigenvalue weighted by Gasteiger charge is 2.28. The molecule has 0 spiro atoms. The van der Waals surface area contributed by atoms with E-state index in [9.17, 15) is 4.79 Å². The predicted molar refractivity (Wildman–Crippen MR) is 107 cm³/mol. The van der Waals surface area contributed by atoms with E-state index in [0.29, 0.717) is 25.6 Å². The number of pyridine rings is 1. The van der Waals surface area contributed by atoms with Crippen molar-refractivity contribution in [2.45, 2.75) is 26.3 Å². The predicted octanol–water partition coefficient (Wildman–Crippen LogP) is 2.06. The summed E-state index contributed by atoms with van der Waals surface area (Å²) in [5.41, 5.74) is 1.06. The number of ether oxygens (including phenoxy) is 2. The van der Waals surface area contributed by atoms with Crippen LogP contribution in [0.15, 0.2) is 23.3 Å². The fourth-order valence-electron chi connectivity index (χ4n) is 2.81. The summed E-state index contributed by atoms with van der Waals surface area (Å²) in [6.07, 6.45) is 3.54. The number of methoxy groups -OCH3 is 1. The lowest BCUT2D eigenvalue weighted by atomic mass is 9.98. The average molecular weight is 462 g/mol. The number of aliphatic imine (C=N–C) groups is 1. The van der Waals surface area contributed by atoms with Crippen LogP contribution in [0, 0.1) is 5.92 Å². The van der Waals surface area contributed by atoms with Crippen LogP contribution >= 0.6 is 24.0 Å². The molecule has 1 aliphatic rings. The van der Waals surface area contributed by atoms with Crippen LogP contribution in [-0.4, -0.2) is 55.7 Å². The first-order chi connectivity index (χ1) is 11.7. The molecule has 1 fully saturated rings. The van der Waals surface area contributed by atoms with Gasteiger partial charge in [-0.25, -0.2) is 4.98 Å². The maximum absolute atomic E-state index is 12.0. The van der Waals surface area contributed by atoms with Crippen LogP contribution in [0.2, 0.25) is 0 Å². The molecule has 0 amide bonds. The van der Waals surface area contributed by atoms with E-state index in [1.165, 1.54) is 0 Å². The molecule has 140 valence electrons. The summed E-state index contributed by atoms with van der Waals surface area (Å²) in [4.78, 5) is 22.5. The third-order valence-corrected chi connectivity index (χ3v) is 4.01. The van der Waals surface area contributed by atoms with Gasteiger partial charge in [0, 0.05) is 38.9 Å². The number of hydrogen-bond donors (Lipinski definition) is 1. The minimum atomic E-state index is -0.114. The lowest BCUT2D eigenvalue weighted by molar-refractivity contribution is -0.149. The van der Waals surface area contributed by atoms with Gasteiger partial charge in [0.1, 0.15) is 0 Å². The van der Waals surface area contributed by atoms with Gasteiger partial charge in [0.05, 0.1) is 19.6 Å². The topological polar surface area (TPSA) is 76.0 Å². The maximum atomic E-state index is 12.0. The molecule has 0 bridgehead atoms. The zero-order valence-corrected chi connectivity index (χ0v) is 17.4. The number of esters is 1. The number of nitrogens with zero attached hydrogens (tertiary/aromatic N) is 3. The third-order valence-electron chi connectivity index (χ3n) is 4.01. The molecule has 0 saturated carbocycles. The summed E-state index contributed by atoms with van der Waals surface area (Å²) in [6.45, 7) is 4.40. The zero-order valence-electron chi connectivity index (χ0n) is 15.0. The number of likely N-dealkylation sites (tertiary alicyclic amines) is 1. The van der Waals surface area contributed by atoms with Gasteiger partial charge >= 0.3 is 5.97 Å². The van der Waals surface area contributed by atoms with Gasteiger partial charge in [-0.15, -0.1) is 24.0 Å². The van der Waals surface area contributed by atoms with Crippen molar-refractivity contribution in [2.75, 3.05) is 33.9 Å². The van der Waals surface area contributed by atoms with Crippen LogP contribution < -0.4 is 10.1 Å². The molecule has 25 heavy (non-hydrogen) atoms. The number of piperidine rings is 1. The smallest absolute Gasteiger partial charge is 0.310 e. The molecule has 7 nitrogen and oxygen atoms in total. The molecule has 8 heteroatoms. The third kappa shape index (κ3) is 6.33. The summed E-state index contributed by atoms with van der Waals surface area (Å²) < 4.78 is 10.3. The van der Waals surface area contributed by atoms with Crippen LogP contribution in [0.3, 0.4) is 0 Å². The highest BCUT2D eigenvalue weighted by atomic mass is 127. The molecule has 0 aliphatic carbocycles. The summed E-state index contributed by atoms with van der Waals surface area (Å²) in [7, 11) is 3.35. The fraction of sp³-hybridized carbons (Fsp3) is 0.588. The Balaban J connectivity index is 0.00000312. The largest absolute Gasteiger partial charge is 0.481 e. The Morgan fingerprint density at radius 3 is 3.00 bits per heavy atom. The molecular weight excluding hydrogens is 435 g/mol. The number of carbonyl (C=O) groups excluding carboxylic acids is 1. The Hall–Kier alpha value is -1.58. The normalized spacial score (nSPS) is 17.5. The Morgan fingerprint density at radius 1 is 1.52 bits per heavy atom. The van der Waals surface area contributed by atoms with E-state index in [2.05, 4.69) is 20.2 Å². The lowest BCUT2D eigenvalue weighted by Gasteiger charge is -2.34. The first kappa shape index (κ1) is 21.5. The van der Waals surface area contributed by atoms with E-state index in [1.54, 1.807) is 20.4 Å². The van der Waals surface area contributed by atoms with E-state index in [-0.39, 0.29) is 35.9 Å². The van der Waals surface area contributed by atoms with Gasteiger partial charge in [-0.05, 0) is 31.4 Å². The van der Waals surface area contributed by atoms with Gasteiger partial charge in [-0.3, -0.25) is 9.79 Å². The van der Waals surface area contributed by atoms with Gasteiger partial charge < -0.3 is 19.7 Å². The second-order valence-electron chi connectivity index (χ2n) is 5.64. The van der Waals surface area contributed by atoms with E-state index >= 15 is 0 Å². The zero-order chi connectivity index (χ0) is 17.4. The average Bonchev–Trinajstić information content (AvgIpc) is 2.63. The van der Waals surface area contributed by atoms with Crippen LogP contribution in [0.1, 0.15) is 25.3 Å². The molecule has 1 aliphatic heterocycles. The Kier molecular flexibility index (Phi) is 9.54. The number of guanidine groups is 1. The highest BCUT2D eigenvalue weighted by Crippen LogP contribution is 2.18. The fourth-order valence-corrected chi connectivity index (χ4v) is 2.81. The Bertz CT molecular complexity index is 583. The first-order valence-corrected chi connectivity index (χ1v) is 8.29. The lowest BCUT2D eigenvalue weighted by Crippen LogP contribution is -2.48. The Morgan fingerprint density at radius 2 is 2.32 bits per heavy atom. The van der Waals surface area contributed by atoms with Crippen LogP contribution in [-0.2, 0) is 16.1 Å². The van der Waals surface area contributed by atoms with Gasteiger partial charge in [-0.2, -0.15) is 0 Å². The maximum Gasteiger partial charge on any atom is 0.310 e. The van der Waals surface area contributed by atoms with Crippen molar-refractivity contribution in [2.24, 2.45) is 10.9 Å². The highest BCUT2D eigenvalue weighted by molar-refractivity contribution is 14.0. The minimum absolute atomic E-state index is 0. The SMILES string of the molecule is CCOC(=O)C1CCCN(C(=NC)NCc2ccnc(OC)c2)C1.I. The monoisotopic (exact) mass is 462 g/mol. The van der Waals surface area contributed by atoms with Crippen molar-refractivity contribution in [1.82, 2.24) is 15.2 Å². The van der Waals surface area contributed by atoms with Crippen molar-refractivity contribution >= 4 is 35.9 Å². The summed E-state index contributed by atoms with van der Waals surface area (Å²) >= 11 is 0. The number of carbonyl (C=O) groups is 1. The molecule has 1 aromatic heterocycles. The van der Waals surface area contributed by atoms with Gasteiger partial charge in [0.2, 0.25) is 5.88 Å². The van der Waals surface area contributed by atoms with Gasteiger partial charge in [0.25, 0.3) is 0 Å². The second-order valence-corrected chi connectivity index (χ2v) is 5.64. The van der Waals surface area contributed by atoms with Crippen LogP contribution in [0.4, 0.5) is 0 Å². The van der Waals surface area contributed by atoms with Crippen molar-refractivity contribution in [3.63, 3.8) is 0 Å². The van der Waals surface area contributed by atoms with E-state index in [0.717, 1.165) is 30.9 Å². The molecule has 2 heterocycles. The molecule has 1 unspecified atom stereocenters. The standard InChI is InChI=1S/C17H26N4O3.HI/c1-4-24-16(22)14-6-5-9-21(12-14)17(18-2)20-11-13-7-8-19-15(10-13)23-3;/h7-8,10,14H,4-6,9,11-12H2,1-3H3,(H,18,20);1H. The molecule has 1 saturated heterocycles. The van der Waals surface area contributed by atoms with Crippen LogP contribution in [0.5, 0.6) is 5.88 Å². The van der Waals surface area contributed by atoms with Crippen LogP contribution in [0.25, 0.3) is 0 Å². The summed E-state index contributed by atoms with van der Waals surface area (Å²) in [5, 5.41) is 3.34. The number of rotatable bonds is 5. The van der Waals surface area contributed by atoms with Crippen molar-refractivity contribution < 1.29 is 14.3 Å². The summed E-state index contributed by atoms with van der Waals surface area (Å²) in [5.74, 6) is 1.18. The van der Waals surface area contributed by atoms with E-state index < -0.39 is 0 Å². The molecule has 0 radical (unpaired) electrons. The molecular formula is C17H27IN4O3. The van der Waals surface area contributed by atoms with E-state index in [1.807, 2.05) is 19.1 Å². The number of halogens is 1. The molecule has 2 rings (SSSR count). The second kappa shape index (κ2) is 11.1. The summed E-state index contributed by atoms with van der Waals surface area (Å²) in [6, 6.07) is 3.82. The Labute approximate surface area is 166 Å². The van der Waals surface area contributed by atoms with Gasteiger partial charge in [0.15, 0.2) is 5.96 Å². The molecule has 1 atom stereocenters. The van der Waals surface area contributed by atoms with Gasteiger partial charge in [-0.1, -0.05) is 0 Å². The molecule has 1 N–H and O–H groups in total. The van der Waals surface area contributed by atoms with Crippen molar-refractivity contribution in [3.05, 3.63) is 23.9 Å². The van der Waals surface area contributed by atoms with E-state index in [4.69, 9.17) is 9.47 Å².